The van der Waals surface area contributed by atoms with Crippen LogP contribution in [0.5, 0.6) is 0 Å². The first-order valence-electron chi connectivity index (χ1n) is 27.0. The second kappa shape index (κ2) is 17.5. The van der Waals surface area contributed by atoms with E-state index in [9.17, 15) is 11.8 Å². The molecule has 0 amide bonds. The van der Waals surface area contributed by atoms with E-state index in [1.807, 2.05) is 24.3 Å². The second-order valence-corrected chi connectivity index (χ2v) is 22.9. The summed E-state index contributed by atoms with van der Waals surface area (Å²) in [7, 11) is 0. The van der Waals surface area contributed by atoms with Gasteiger partial charge in [0, 0.05) is 74.4 Å². The summed E-state index contributed by atoms with van der Waals surface area (Å²) in [5.74, 6) is 0. The van der Waals surface area contributed by atoms with Crippen molar-refractivity contribution in [3.8, 4) is 62.0 Å². The van der Waals surface area contributed by atoms with Gasteiger partial charge in [-0.2, -0.15) is 5.26 Å². The van der Waals surface area contributed by atoms with Gasteiger partial charge >= 0.3 is 0 Å². The van der Waals surface area contributed by atoms with Crippen molar-refractivity contribution in [2.45, 2.75) is 0 Å². The first-order chi connectivity index (χ1) is 40.1. The average Bonchev–Trinajstić information content (AvgIpc) is 3.92. The molecule has 5 aromatic heterocycles. The third kappa shape index (κ3) is 6.45. The molecule has 0 saturated heterocycles. The molecule has 0 aliphatic carbocycles. The molecule has 0 spiro atoms. The molecule has 17 aromatic rings. The van der Waals surface area contributed by atoms with Crippen LogP contribution in [0.3, 0.4) is 0 Å². The summed E-state index contributed by atoms with van der Waals surface area (Å²) < 4.78 is 16.6. The second-order valence-electron chi connectivity index (χ2n) is 20.8. The topological polar surface area (TPSA) is 51.1 Å². The Balaban J connectivity index is 1.06. The summed E-state index contributed by atoms with van der Waals surface area (Å²) in [5, 5.41) is 23.2. The van der Waals surface area contributed by atoms with Crippen molar-refractivity contribution < 1.29 is 4.42 Å². The van der Waals surface area contributed by atoms with Crippen molar-refractivity contribution in [3.05, 3.63) is 260 Å². The smallest absolute Gasteiger partial charge is 0.221 e. The van der Waals surface area contributed by atoms with E-state index in [2.05, 4.69) is 234 Å². The Kier molecular flexibility index (Phi) is 9.82. The van der Waals surface area contributed by atoms with E-state index in [4.69, 9.17) is 9.26 Å². The van der Waals surface area contributed by atoms with Crippen molar-refractivity contribution in [1.29, 1.82) is 5.26 Å². The Morgan fingerprint density at radius 1 is 0.395 bits per heavy atom. The van der Waals surface area contributed by atoms with E-state index in [1.165, 1.54) is 20.2 Å². The summed E-state index contributed by atoms with van der Waals surface area (Å²) in [4.78, 5) is 4.73. The lowest BCUT2D eigenvalue weighted by Gasteiger charge is -2.25. The van der Waals surface area contributed by atoms with Gasteiger partial charge in [0.05, 0.1) is 55.0 Å². The van der Waals surface area contributed by atoms with Crippen LogP contribution in [-0.4, -0.2) is 9.13 Å². The van der Waals surface area contributed by atoms with Crippen LogP contribution >= 0.6 is 22.7 Å². The van der Waals surface area contributed by atoms with Gasteiger partial charge in [-0.05, 0) is 69.8 Å². The molecule has 0 aliphatic heterocycles. The van der Waals surface area contributed by atoms with Crippen LogP contribution in [0.2, 0.25) is 0 Å². The average molecular weight is 1070 g/mol. The van der Waals surface area contributed by atoms with E-state index in [0.717, 1.165) is 130 Å². The normalized spacial score (nSPS) is 11.9. The lowest BCUT2D eigenvalue weighted by Crippen LogP contribution is -2.08. The third-order valence-corrected chi connectivity index (χ3v) is 19.0. The summed E-state index contributed by atoms with van der Waals surface area (Å²) in [6, 6.07) is 88.3. The highest BCUT2D eigenvalue weighted by Crippen LogP contribution is 2.55. The predicted octanol–water partition coefficient (Wildman–Crippen LogP) is 21.6. The molecule has 0 fully saturated rings. The number of nitriles is 1. The van der Waals surface area contributed by atoms with E-state index in [-0.39, 0.29) is 0 Å². The number of para-hydroxylation sites is 1. The molecule has 5 nitrogen and oxygen atoms in total. The number of hydrogen-bond donors (Lipinski definition) is 0. The zero-order chi connectivity index (χ0) is 53.4. The lowest BCUT2D eigenvalue weighted by molar-refractivity contribution is 0.671. The quantitative estimate of drug-likeness (QED) is 0.156. The molecule has 0 N–H and O–H groups in total. The minimum absolute atomic E-state index is 0.366. The fourth-order valence-corrected chi connectivity index (χ4v) is 15.7. The number of furan rings is 1. The Morgan fingerprint density at radius 2 is 0.877 bits per heavy atom. The molecule has 7 heteroatoms. The van der Waals surface area contributed by atoms with E-state index < -0.39 is 0 Å². The molecule has 12 aromatic carbocycles. The monoisotopic (exact) mass is 1060 g/mol. The Morgan fingerprint density at radius 3 is 1.48 bits per heavy atom. The fourth-order valence-electron chi connectivity index (χ4n) is 13.2. The Bertz CT molecular complexity index is 5400. The molecule has 5 heterocycles. The van der Waals surface area contributed by atoms with Crippen molar-refractivity contribution >= 4 is 134 Å². The van der Waals surface area contributed by atoms with Gasteiger partial charge in [-0.25, -0.2) is 4.85 Å². The molecular weight excluding hydrogens is 1020 g/mol. The molecule has 0 bridgehead atoms. The van der Waals surface area contributed by atoms with Gasteiger partial charge in [-0.1, -0.05) is 206 Å². The van der Waals surface area contributed by atoms with Gasteiger partial charge in [0.1, 0.15) is 11.7 Å². The van der Waals surface area contributed by atoms with Crippen LogP contribution in [-0.2, 0) is 0 Å². The molecule has 17 rings (SSSR count). The van der Waals surface area contributed by atoms with Crippen LogP contribution in [0.25, 0.3) is 167 Å². The largest absolute Gasteiger partial charge is 0.454 e. The molecule has 81 heavy (non-hydrogen) atoms. The Labute approximate surface area is 471 Å². The summed E-state index contributed by atoms with van der Waals surface area (Å²) in [5.41, 5.74) is 14.8. The molecule has 0 atom stereocenters. The highest BCUT2D eigenvalue weighted by Gasteiger charge is 2.34. The van der Waals surface area contributed by atoms with E-state index in [1.54, 1.807) is 22.7 Å². The minimum atomic E-state index is 0.366. The van der Waals surface area contributed by atoms with E-state index in [0.29, 0.717) is 22.5 Å². The standard InChI is InChI=1S/C74H40N4OS2/c1-76-66-65(45-23-9-4-10-24-45)71(78-69-54(36-39-57-51-28-14-17-31-62(51)80-73(57)69)55-37-40-58-52-29-15-18-32-63(52)81-74(58)70(55)78)64(44-21-7-3-8-22-44)59(42-75)67(66)77-60-30-16-13-27-49(60)53-35-38-56-50-34-33-46(41-61(50)79-72(56)68(53)77)48-26-12-11-25-47(48)43-19-5-2-6-20-43/h2-41H. The summed E-state index contributed by atoms with van der Waals surface area (Å²) >= 11 is 3.59. The minimum Gasteiger partial charge on any atom is -0.454 e. The van der Waals surface area contributed by atoms with Gasteiger partial charge in [0.15, 0.2) is 5.58 Å². The molecule has 374 valence electrons. The van der Waals surface area contributed by atoms with Crippen LogP contribution in [0.4, 0.5) is 5.69 Å². The maximum atomic E-state index is 12.4. The number of hydrogen-bond acceptors (Lipinski definition) is 4. The van der Waals surface area contributed by atoms with Crippen molar-refractivity contribution in [3.63, 3.8) is 0 Å². The first-order valence-corrected chi connectivity index (χ1v) is 28.6. The van der Waals surface area contributed by atoms with Gasteiger partial charge in [0.2, 0.25) is 5.69 Å². The fraction of sp³-hybridized carbons (Fsp3) is 0. The first kappa shape index (κ1) is 45.5. The maximum Gasteiger partial charge on any atom is 0.221 e. The third-order valence-electron chi connectivity index (χ3n) is 16.6. The van der Waals surface area contributed by atoms with E-state index >= 15 is 0 Å². The van der Waals surface area contributed by atoms with Gasteiger partial charge in [0.25, 0.3) is 0 Å². The van der Waals surface area contributed by atoms with Crippen molar-refractivity contribution in [2.24, 2.45) is 0 Å². The highest BCUT2D eigenvalue weighted by atomic mass is 32.1. The number of nitrogens with zero attached hydrogens (tertiary/aromatic N) is 4. The van der Waals surface area contributed by atoms with Gasteiger partial charge in [-0.15, -0.1) is 22.7 Å². The molecular formula is C74H40N4OS2. The zero-order valence-electron chi connectivity index (χ0n) is 43.1. The lowest BCUT2D eigenvalue weighted by atomic mass is 9.88. The maximum absolute atomic E-state index is 12.4. The summed E-state index contributed by atoms with van der Waals surface area (Å²) in [6.07, 6.45) is 0. The molecule has 0 unspecified atom stereocenters. The Hall–Kier alpha value is -10.5. The predicted molar refractivity (Wildman–Crippen MR) is 341 cm³/mol. The van der Waals surface area contributed by atoms with Crippen molar-refractivity contribution in [1.82, 2.24) is 9.13 Å². The number of aromatic nitrogens is 2. The highest BCUT2D eigenvalue weighted by molar-refractivity contribution is 7.27. The van der Waals surface area contributed by atoms with Crippen LogP contribution < -0.4 is 0 Å². The van der Waals surface area contributed by atoms with Gasteiger partial charge in [-0.3, -0.25) is 0 Å². The number of thiophene rings is 2. The number of fused-ring (bicyclic) bond motifs is 18. The molecule has 0 radical (unpaired) electrons. The van der Waals surface area contributed by atoms with Crippen molar-refractivity contribution in [2.75, 3.05) is 0 Å². The summed E-state index contributed by atoms with van der Waals surface area (Å²) in [6.45, 7) is 9.71. The molecule has 0 saturated carbocycles. The molecule has 0 aliphatic rings. The number of benzene rings is 12. The van der Waals surface area contributed by atoms with Crippen LogP contribution in [0.15, 0.2) is 247 Å². The number of rotatable bonds is 6. The van der Waals surface area contributed by atoms with Gasteiger partial charge < -0.3 is 13.6 Å². The zero-order valence-corrected chi connectivity index (χ0v) is 44.7. The van der Waals surface area contributed by atoms with Crippen LogP contribution in [0, 0.1) is 17.9 Å². The van der Waals surface area contributed by atoms with Crippen LogP contribution in [0.1, 0.15) is 5.56 Å². The SMILES string of the molecule is [C-]#[N+]c1c(-c2ccccc2)c(-n2c3c(ccc4c5ccccc5sc43)c3ccc4c5ccccc5sc4c32)c(-c2ccccc2)c(C#N)c1-n1c2ccccc2c2ccc3c4ccc(-c5ccccc5-c5ccccc5)cc4oc3c21.